The van der Waals surface area contributed by atoms with Crippen LogP contribution in [0.5, 0.6) is 0 Å². The minimum absolute atomic E-state index is 0.0842. The van der Waals surface area contributed by atoms with Crippen LogP contribution in [0.3, 0.4) is 0 Å². The van der Waals surface area contributed by atoms with E-state index in [1.54, 1.807) is 11.1 Å². The SMILES string of the molecule is CC(C)(C)c1nccc(CCCNC(=O)N2CCCC(C(=O)O)C2)n1. The predicted molar refractivity (Wildman–Crippen MR) is 94.4 cm³/mol. The Morgan fingerprint density at radius 3 is 2.84 bits per heavy atom. The topological polar surface area (TPSA) is 95.4 Å². The number of urea groups is 1. The molecule has 2 heterocycles. The zero-order valence-electron chi connectivity index (χ0n) is 15.3. The van der Waals surface area contributed by atoms with Crippen molar-refractivity contribution in [1.29, 1.82) is 0 Å². The van der Waals surface area contributed by atoms with Crippen LogP contribution in [0.4, 0.5) is 4.79 Å². The Labute approximate surface area is 148 Å². The maximum atomic E-state index is 12.2. The van der Waals surface area contributed by atoms with Gasteiger partial charge in [0, 0.05) is 36.9 Å². The van der Waals surface area contributed by atoms with Crippen LogP contribution in [0, 0.1) is 5.92 Å². The van der Waals surface area contributed by atoms with Crippen molar-refractivity contribution < 1.29 is 14.7 Å². The Kier molecular flexibility index (Phi) is 6.33. The van der Waals surface area contributed by atoms with Gasteiger partial charge in [0.2, 0.25) is 0 Å². The number of hydrogen-bond acceptors (Lipinski definition) is 4. The van der Waals surface area contributed by atoms with E-state index in [4.69, 9.17) is 5.11 Å². The van der Waals surface area contributed by atoms with E-state index < -0.39 is 11.9 Å². The molecular formula is C18H28N4O3. The van der Waals surface area contributed by atoms with Gasteiger partial charge >= 0.3 is 12.0 Å². The molecule has 138 valence electrons. The molecule has 1 fully saturated rings. The Bertz CT molecular complexity index is 613. The molecule has 0 saturated carbocycles. The van der Waals surface area contributed by atoms with Gasteiger partial charge in [-0.1, -0.05) is 20.8 Å². The van der Waals surface area contributed by atoms with Crippen molar-refractivity contribution in [2.45, 2.75) is 51.9 Å². The molecule has 0 aromatic carbocycles. The van der Waals surface area contributed by atoms with Crippen molar-refractivity contribution >= 4 is 12.0 Å². The maximum Gasteiger partial charge on any atom is 0.317 e. The summed E-state index contributed by atoms with van der Waals surface area (Å²) in [5.41, 5.74) is 0.886. The first-order valence-corrected chi connectivity index (χ1v) is 8.85. The maximum absolute atomic E-state index is 12.2. The van der Waals surface area contributed by atoms with Crippen LogP contribution in [0.2, 0.25) is 0 Å². The predicted octanol–water partition coefficient (Wildman–Crippen LogP) is 2.21. The highest BCUT2D eigenvalue weighted by atomic mass is 16.4. The van der Waals surface area contributed by atoms with Gasteiger partial charge in [0.25, 0.3) is 0 Å². The van der Waals surface area contributed by atoms with Gasteiger partial charge in [-0.05, 0) is 31.7 Å². The van der Waals surface area contributed by atoms with Crippen LogP contribution >= 0.6 is 0 Å². The van der Waals surface area contributed by atoms with Gasteiger partial charge in [-0.15, -0.1) is 0 Å². The van der Waals surface area contributed by atoms with Crippen LogP contribution in [-0.2, 0) is 16.6 Å². The lowest BCUT2D eigenvalue weighted by Gasteiger charge is -2.30. The Hall–Kier alpha value is -2.18. The first kappa shape index (κ1) is 19.1. The van der Waals surface area contributed by atoms with Crippen LogP contribution in [0.25, 0.3) is 0 Å². The summed E-state index contributed by atoms with van der Waals surface area (Å²) in [6.45, 7) is 7.69. The standard InChI is InChI=1S/C18H28N4O3/c1-18(2,3)16-19-10-8-14(21-16)7-4-9-20-17(25)22-11-5-6-13(12-22)15(23)24/h8,10,13H,4-7,9,11-12H2,1-3H3,(H,20,25)(H,23,24). The number of nitrogens with one attached hydrogen (secondary N) is 1. The number of carbonyl (C=O) groups is 2. The summed E-state index contributed by atoms with van der Waals surface area (Å²) in [6.07, 6.45) is 4.71. The summed E-state index contributed by atoms with van der Waals surface area (Å²) in [5.74, 6) is -0.450. The zero-order chi connectivity index (χ0) is 18.4. The summed E-state index contributed by atoms with van der Waals surface area (Å²) in [6, 6.07) is 1.73. The number of nitrogens with zero attached hydrogens (tertiary/aromatic N) is 3. The number of aryl methyl sites for hydroxylation is 1. The molecule has 2 rings (SSSR count). The molecule has 0 radical (unpaired) electrons. The van der Waals surface area contributed by atoms with E-state index >= 15 is 0 Å². The second kappa shape index (κ2) is 8.27. The number of piperidine rings is 1. The van der Waals surface area contributed by atoms with Crippen LogP contribution in [0.15, 0.2) is 12.3 Å². The summed E-state index contributed by atoms with van der Waals surface area (Å²) in [7, 11) is 0. The van der Waals surface area contributed by atoms with Gasteiger partial charge in [0.15, 0.2) is 0 Å². The molecular weight excluding hydrogens is 320 g/mol. The molecule has 0 aliphatic carbocycles. The first-order chi connectivity index (χ1) is 11.8. The van der Waals surface area contributed by atoms with Crippen molar-refractivity contribution in [2.75, 3.05) is 19.6 Å². The van der Waals surface area contributed by atoms with E-state index in [1.807, 2.05) is 6.07 Å². The highest BCUT2D eigenvalue weighted by Crippen LogP contribution is 2.18. The quantitative estimate of drug-likeness (QED) is 0.796. The highest BCUT2D eigenvalue weighted by Gasteiger charge is 2.27. The van der Waals surface area contributed by atoms with Gasteiger partial charge in [-0.2, -0.15) is 0 Å². The average molecular weight is 348 g/mol. The molecule has 1 aromatic heterocycles. The van der Waals surface area contributed by atoms with E-state index in [9.17, 15) is 9.59 Å². The number of aromatic nitrogens is 2. The summed E-state index contributed by atoms with van der Waals surface area (Å²) >= 11 is 0. The third-order valence-electron chi connectivity index (χ3n) is 4.33. The minimum Gasteiger partial charge on any atom is -0.481 e. The fourth-order valence-corrected chi connectivity index (χ4v) is 2.84. The number of carboxylic acid groups (broad SMARTS) is 1. The second-order valence-electron chi connectivity index (χ2n) is 7.58. The second-order valence-corrected chi connectivity index (χ2v) is 7.58. The van der Waals surface area contributed by atoms with E-state index in [2.05, 4.69) is 36.1 Å². The molecule has 7 heteroatoms. The van der Waals surface area contributed by atoms with Crippen LogP contribution in [0.1, 0.15) is 51.6 Å². The molecule has 0 spiro atoms. The summed E-state index contributed by atoms with van der Waals surface area (Å²) < 4.78 is 0. The molecule has 1 atom stereocenters. The van der Waals surface area contributed by atoms with Gasteiger partial charge < -0.3 is 15.3 Å². The zero-order valence-corrected chi connectivity index (χ0v) is 15.3. The summed E-state index contributed by atoms with van der Waals surface area (Å²) in [5, 5.41) is 12.0. The van der Waals surface area contributed by atoms with Gasteiger partial charge in [-0.25, -0.2) is 14.8 Å². The molecule has 25 heavy (non-hydrogen) atoms. The first-order valence-electron chi connectivity index (χ1n) is 8.85. The number of carbonyl (C=O) groups excluding carboxylic acids is 1. The highest BCUT2D eigenvalue weighted by molar-refractivity contribution is 5.76. The van der Waals surface area contributed by atoms with Crippen LogP contribution < -0.4 is 5.32 Å². The van der Waals surface area contributed by atoms with Gasteiger partial charge in [0.1, 0.15) is 5.82 Å². The normalized spacial score (nSPS) is 18.0. The fraction of sp³-hybridized carbons (Fsp3) is 0.667. The average Bonchev–Trinajstić information content (AvgIpc) is 2.58. The lowest BCUT2D eigenvalue weighted by molar-refractivity contribution is -0.143. The van der Waals surface area contributed by atoms with E-state index in [1.165, 1.54) is 0 Å². The van der Waals surface area contributed by atoms with Crippen molar-refractivity contribution in [3.63, 3.8) is 0 Å². The van der Waals surface area contributed by atoms with Gasteiger partial charge in [-0.3, -0.25) is 4.79 Å². The fourth-order valence-electron chi connectivity index (χ4n) is 2.84. The Morgan fingerprint density at radius 1 is 1.40 bits per heavy atom. The third kappa shape index (κ3) is 5.69. The smallest absolute Gasteiger partial charge is 0.317 e. The number of rotatable bonds is 5. The van der Waals surface area contributed by atoms with Crippen LogP contribution in [-0.4, -0.2) is 51.6 Å². The van der Waals surface area contributed by atoms with E-state index in [0.717, 1.165) is 30.8 Å². The van der Waals surface area contributed by atoms with E-state index in [-0.39, 0.29) is 11.4 Å². The van der Waals surface area contributed by atoms with E-state index in [0.29, 0.717) is 26.1 Å². The number of hydrogen-bond donors (Lipinski definition) is 2. The molecule has 1 saturated heterocycles. The number of amides is 2. The molecule has 2 amide bonds. The third-order valence-corrected chi connectivity index (χ3v) is 4.33. The largest absolute Gasteiger partial charge is 0.481 e. The lowest BCUT2D eigenvalue weighted by atomic mass is 9.95. The number of likely N-dealkylation sites (tertiary alicyclic amines) is 1. The monoisotopic (exact) mass is 348 g/mol. The minimum atomic E-state index is -0.823. The molecule has 1 unspecified atom stereocenters. The van der Waals surface area contributed by atoms with Crippen molar-refractivity contribution in [3.05, 3.63) is 23.8 Å². The molecule has 1 aliphatic heterocycles. The number of carboxylic acids is 1. The van der Waals surface area contributed by atoms with Gasteiger partial charge in [0.05, 0.1) is 5.92 Å². The van der Waals surface area contributed by atoms with Crippen molar-refractivity contribution in [3.8, 4) is 0 Å². The molecule has 2 N–H and O–H groups in total. The Balaban J connectivity index is 1.76. The Morgan fingerprint density at radius 2 is 2.16 bits per heavy atom. The molecule has 0 bridgehead atoms. The van der Waals surface area contributed by atoms with Crippen molar-refractivity contribution in [2.24, 2.45) is 5.92 Å². The number of aliphatic carboxylic acids is 1. The molecule has 7 nitrogen and oxygen atoms in total. The lowest BCUT2D eigenvalue weighted by Crippen LogP contribution is -2.47. The van der Waals surface area contributed by atoms with Crippen molar-refractivity contribution in [1.82, 2.24) is 20.2 Å². The molecule has 1 aromatic rings. The summed E-state index contributed by atoms with van der Waals surface area (Å²) in [4.78, 5) is 33.7. The molecule has 1 aliphatic rings.